The number of halogens is 1. The minimum atomic E-state index is -0.689. The molecule has 0 fully saturated rings. The van der Waals surface area contributed by atoms with E-state index in [2.05, 4.69) is 31.1 Å². The number of aromatic nitrogens is 3. The van der Waals surface area contributed by atoms with Crippen LogP contribution < -0.4 is 4.74 Å². The topological polar surface area (TPSA) is 87.3 Å². The molecule has 0 aliphatic heterocycles. The molecule has 0 aliphatic carbocycles. The molecule has 0 aliphatic rings. The molecule has 2 aromatic heterocycles. The largest absolute Gasteiger partial charge is 0.496 e. The summed E-state index contributed by atoms with van der Waals surface area (Å²) in [6.45, 7) is 1.66. The lowest BCUT2D eigenvalue weighted by atomic mass is 10.2. The molecule has 0 bridgehead atoms. The Hall–Kier alpha value is -2.74. The Balaban J connectivity index is 1.72. The van der Waals surface area contributed by atoms with Crippen LogP contribution in [0.25, 0.3) is 11.4 Å². The zero-order valence-corrected chi connectivity index (χ0v) is 15.1. The Bertz CT molecular complexity index is 883. The highest BCUT2D eigenvalue weighted by Gasteiger charge is 2.20. The third-order valence-electron chi connectivity index (χ3n) is 3.38. The number of nitrogens with zero attached hydrogens (tertiary/aromatic N) is 3. The van der Waals surface area contributed by atoms with Crippen molar-refractivity contribution in [1.29, 1.82) is 0 Å². The summed E-state index contributed by atoms with van der Waals surface area (Å²) in [7, 11) is 1.55. The number of rotatable bonds is 5. The molecule has 0 saturated heterocycles. The highest BCUT2D eigenvalue weighted by Crippen LogP contribution is 2.27. The van der Waals surface area contributed by atoms with Crippen LogP contribution in [0.4, 0.5) is 0 Å². The van der Waals surface area contributed by atoms with Gasteiger partial charge in [-0.05, 0) is 53.2 Å². The van der Waals surface area contributed by atoms with Gasteiger partial charge in [-0.3, -0.25) is 4.98 Å². The van der Waals surface area contributed by atoms with E-state index in [0.717, 1.165) is 5.56 Å². The van der Waals surface area contributed by atoms with E-state index < -0.39 is 12.1 Å². The maximum absolute atomic E-state index is 12.3. The third-order valence-corrected chi connectivity index (χ3v) is 4.00. The van der Waals surface area contributed by atoms with Crippen LogP contribution in [-0.4, -0.2) is 28.2 Å². The fraction of sp³-hybridized carbons (Fsp3) is 0.176. The second kappa shape index (κ2) is 7.43. The van der Waals surface area contributed by atoms with Gasteiger partial charge in [-0.2, -0.15) is 4.98 Å². The molecule has 0 spiro atoms. The van der Waals surface area contributed by atoms with E-state index in [1.165, 1.54) is 0 Å². The van der Waals surface area contributed by atoms with Gasteiger partial charge >= 0.3 is 5.97 Å². The molecule has 7 nitrogen and oxygen atoms in total. The molecule has 0 N–H and O–H groups in total. The quantitative estimate of drug-likeness (QED) is 0.598. The van der Waals surface area contributed by atoms with Gasteiger partial charge in [-0.1, -0.05) is 5.16 Å². The lowest BCUT2D eigenvalue weighted by Gasteiger charge is -2.10. The van der Waals surface area contributed by atoms with Gasteiger partial charge in [0.05, 0.1) is 17.1 Å². The van der Waals surface area contributed by atoms with Gasteiger partial charge in [-0.15, -0.1) is 0 Å². The van der Waals surface area contributed by atoms with E-state index in [-0.39, 0.29) is 5.89 Å². The SMILES string of the molecule is COc1ccc(C(=O)OC(C)c2nc(-c3cccnc3)no2)cc1Br. The maximum Gasteiger partial charge on any atom is 0.338 e. The molecule has 1 aromatic carbocycles. The van der Waals surface area contributed by atoms with Gasteiger partial charge in [-0.25, -0.2) is 4.79 Å². The highest BCUT2D eigenvalue weighted by atomic mass is 79.9. The molecule has 0 radical (unpaired) electrons. The molecule has 3 aromatic rings. The number of esters is 1. The second-order valence-corrected chi connectivity index (χ2v) is 5.95. The molecular weight excluding hydrogens is 390 g/mol. The summed E-state index contributed by atoms with van der Waals surface area (Å²) >= 11 is 3.34. The molecule has 8 heteroatoms. The third kappa shape index (κ3) is 3.85. The first-order chi connectivity index (χ1) is 12.1. The van der Waals surface area contributed by atoms with E-state index in [4.69, 9.17) is 14.0 Å². The summed E-state index contributed by atoms with van der Waals surface area (Å²) in [5.74, 6) is 0.720. The number of carbonyl (C=O) groups excluding carboxylic acids is 1. The summed E-state index contributed by atoms with van der Waals surface area (Å²) in [6.07, 6.45) is 2.59. The minimum absolute atomic E-state index is 0.208. The molecule has 128 valence electrons. The van der Waals surface area contributed by atoms with Gasteiger partial charge in [0.1, 0.15) is 5.75 Å². The van der Waals surface area contributed by atoms with Crippen molar-refractivity contribution in [2.45, 2.75) is 13.0 Å². The van der Waals surface area contributed by atoms with Gasteiger partial charge in [0.25, 0.3) is 5.89 Å². The van der Waals surface area contributed by atoms with E-state index in [1.54, 1.807) is 50.7 Å². The molecule has 2 heterocycles. The lowest BCUT2D eigenvalue weighted by Crippen LogP contribution is -2.09. The van der Waals surface area contributed by atoms with E-state index in [1.807, 2.05) is 6.07 Å². The Morgan fingerprint density at radius 3 is 2.84 bits per heavy atom. The smallest absolute Gasteiger partial charge is 0.338 e. The maximum atomic E-state index is 12.3. The number of hydrogen-bond donors (Lipinski definition) is 0. The van der Waals surface area contributed by atoms with Crippen molar-refractivity contribution < 1.29 is 18.8 Å². The van der Waals surface area contributed by atoms with Crippen LogP contribution in [0.2, 0.25) is 0 Å². The molecule has 1 unspecified atom stereocenters. The van der Waals surface area contributed by atoms with Crippen LogP contribution in [-0.2, 0) is 4.74 Å². The molecule has 1 atom stereocenters. The van der Waals surface area contributed by atoms with E-state index in [9.17, 15) is 4.79 Å². The number of methoxy groups -OCH3 is 1. The number of hydrogen-bond acceptors (Lipinski definition) is 7. The monoisotopic (exact) mass is 403 g/mol. The van der Waals surface area contributed by atoms with Crippen LogP contribution in [0.1, 0.15) is 29.3 Å². The predicted molar refractivity (Wildman–Crippen MR) is 92.1 cm³/mol. The van der Waals surface area contributed by atoms with Crippen LogP contribution in [0, 0.1) is 0 Å². The van der Waals surface area contributed by atoms with Gasteiger partial charge < -0.3 is 14.0 Å². The zero-order chi connectivity index (χ0) is 17.8. The zero-order valence-electron chi connectivity index (χ0n) is 13.5. The number of carbonyl (C=O) groups is 1. The average molecular weight is 404 g/mol. The van der Waals surface area contributed by atoms with Crippen LogP contribution >= 0.6 is 15.9 Å². The fourth-order valence-corrected chi connectivity index (χ4v) is 2.63. The highest BCUT2D eigenvalue weighted by molar-refractivity contribution is 9.10. The molecule has 0 saturated carbocycles. The Morgan fingerprint density at radius 1 is 1.32 bits per heavy atom. The average Bonchev–Trinajstić information content (AvgIpc) is 3.12. The first-order valence-corrected chi connectivity index (χ1v) is 8.16. The second-order valence-electron chi connectivity index (χ2n) is 5.09. The number of ether oxygens (including phenoxy) is 2. The summed E-state index contributed by atoms with van der Waals surface area (Å²) in [5.41, 5.74) is 1.10. The van der Waals surface area contributed by atoms with E-state index >= 15 is 0 Å². The van der Waals surface area contributed by atoms with Crippen molar-refractivity contribution >= 4 is 21.9 Å². The summed E-state index contributed by atoms with van der Waals surface area (Å²) in [6, 6.07) is 8.51. The molecular formula is C17H14BrN3O4. The summed E-state index contributed by atoms with van der Waals surface area (Å²) in [5, 5.41) is 3.88. The summed E-state index contributed by atoms with van der Waals surface area (Å²) < 4.78 is 16.4. The van der Waals surface area contributed by atoms with Crippen LogP contribution in [0.3, 0.4) is 0 Å². The predicted octanol–water partition coefficient (Wildman–Crippen LogP) is 3.82. The fourth-order valence-electron chi connectivity index (χ4n) is 2.08. The van der Waals surface area contributed by atoms with Gasteiger partial charge in [0.15, 0.2) is 6.10 Å². The van der Waals surface area contributed by atoms with Crippen molar-refractivity contribution in [3.8, 4) is 17.1 Å². The Morgan fingerprint density at radius 2 is 2.16 bits per heavy atom. The lowest BCUT2D eigenvalue weighted by molar-refractivity contribution is 0.0265. The van der Waals surface area contributed by atoms with Crippen molar-refractivity contribution in [3.63, 3.8) is 0 Å². The Kier molecular flexibility index (Phi) is 5.08. The molecule has 0 amide bonds. The molecule has 25 heavy (non-hydrogen) atoms. The van der Waals surface area contributed by atoms with Gasteiger partial charge in [0.2, 0.25) is 5.82 Å². The Labute approximate surface area is 152 Å². The van der Waals surface area contributed by atoms with Crippen LogP contribution in [0.15, 0.2) is 51.7 Å². The summed E-state index contributed by atoms with van der Waals surface area (Å²) in [4.78, 5) is 20.5. The standard InChI is InChI=1S/C17H14BrN3O4/c1-10(16-20-15(21-25-16)12-4-3-7-19-9-12)24-17(22)11-5-6-14(23-2)13(18)8-11/h3-10H,1-2H3. The van der Waals surface area contributed by atoms with E-state index in [0.29, 0.717) is 21.6 Å². The van der Waals surface area contributed by atoms with Crippen molar-refractivity contribution in [3.05, 3.63) is 58.7 Å². The normalized spacial score (nSPS) is 11.8. The van der Waals surface area contributed by atoms with Gasteiger partial charge in [0, 0.05) is 18.0 Å². The van der Waals surface area contributed by atoms with Crippen molar-refractivity contribution in [2.75, 3.05) is 7.11 Å². The number of benzene rings is 1. The van der Waals surface area contributed by atoms with Crippen LogP contribution in [0.5, 0.6) is 5.75 Å². The number of pyridine rings is 1. The first-order valence-electron chi connectivity index (χ1n) is 7.37. The minimum Gasteiger partial charge on any atom is -0.496 e. The molecule has 3 rings (SSSR count). The first kappa shape index (κ1) is 17.1. The van der Waals surface area contributed by atoms with Crippen molar-refractivity contribution in [2.24, 2.45) is 0 Å². The van der Waals surface area contributed by atoms with Crippen molar-refractivity contribution in [1.82, 2.24) is 15.1 Å².